The molecule has 124 valence electrons. The first-order valence-corrected chi connectivity index (χ1v) is 6.84. The van der Waals surface area contributed by atoms with Crippen molar-refractivity contribution in [3.8, 4) is 0 Å². The van der Waals surface area contributed by atoms with Crippen LogP contribution in [0.1, 0.15) is 47.2 Å². The first kappa shape index (κ1) is 18.1. The van der Waals surface area contributed by atoms with E-state index in [9.17, 15) is 22.8 Å². The van der Waals surface area contributed by atoms with E-state index in [1.54, 1.807) is 0 Å². The van der Waals surface area contributed by atoms with Gasteiger partial charge in [-0.2, -0.15) is 13.2 Å². The van der Waals surface area contributed by atoms with Crippen molar-refractivity contribution < 1.29 is 27.2 Å². The summed E-state index contributed by atoms with van der Waals surface area (Å²) in [5.74, 6) is -2.99. The molecule has 0 aliphatic heterocycles. The van der Waals surface area contributed by atoms with Crippen molar-refractivity contribution in [3.05, 3.63) is 22.6 Å². The smallest absolute Gasteiger partial charge is 0.450 e. The SMILES string of the molecule is CCCCN(CC(N)=O)C(=O)c1c(C(F)(F)F)oc(C)c1C. The molecule has 0 atom stereocenters. The fourth-order valence-electron chi connectivity index (χ4n) is 2.03. The van der Waals surface area contributed by atoms with Gasteiger partial charge in [0.25, 0.3) is 5.91 Å². The highest BCUT2D eigenvalue weighted by atomic mass is 19.4. The summed E-state index contributed by atoms with van der Waals surface area (Å²) in [5.41, 5.74) is 4.63. The zero-order valence-electron chi connectivity index (χ0n) is 12.7. The maximum absolute atomic E-state index is 13.0. The van der Waals surface area contributed by atoms with Crippen molar-refractivity contribution in [2.75, 3.05) is 13.1 Å². The summed E-state index contributed by atoms with van der Waals surface area (Å²) in [5, 5.41) is 0. The lowest BCUT2D eigenvalue weighted by Crippen LogP contribution is -2.39. The minimum Gasteiger partial charge on any atom is -0.456 e. The topological polar surface area (TPSA) is 76.5 Å². The number of alkyl halides is 3. The molecule has 0 bridgehead atoms. The summed E-state index contributed by atoms with van der Waals surface area (Å²) in [6, 6.07) is 0. The highest BCUT2D eigenvalue weighted by molar-refractivity contribution is 5.98. The van der Waals surface area contributed by atoms with Crippen molar-refractivity contribution in [1.29, 1.82) is 0 Å². The molecule has 0 fully saturated rings. The Bertz CT molecular complexity index is 564. The largest absolute Gasteiger partial charge is 0.456 e. The van der Waals surface area contributed by atoms with Gasteiger partial charge >= 0.3 is 6.18 Å². The van der Waals surface area contributed by atoms with Gasteiger partial charge in [0.05, 0.1) is 12.1 Å². The van der Waals surface area contributed by atoms with Gasteiger partial charge in [-0.1, -0.05) is 13.3 Å². The molecule has 0 saturated carbocycles. The molecular formula is C14H19F3N2O3. The Hall–Kier alpha value is -1.99. The van der Waals surface area contributed by atoms with Crippen LogP contribution in [0.3, 0.4) is 0 Å². The second kappa shape index (κ2) is 6.85. The number of hydrogen-bond donors (Lipinski definition) is 1. The van der Waals surface area contributed by atoms with E-state index in [-0.39, 0.29) is 17.9 Å². The minimum absolute atomic E-state index is 0.0187. The molecule has 0 radical (unpaired) electrons. The average molecular weight is 320 g/mol. The molecule has 0 unspecified atom stereocenters. The molecule has 8 heteroatoms. The molecule has 1 aromatic heterocycles. The Labute approximate surface area is 126 Å². The lowest BCUT2D eigenvalue weighted by molar-refractivity contribution is -0.153. The van der Waals surface area contributed by atoms with Gasteiger partial charge in [0.2, 0.25) is 11.7 Å². The maximum atomic E-state index is 13.0. The lowest BCUT2D eigenvalue weighted by Gasteiger charge is -2.21. The minimum atomic E-state index is -4.78. The average Bonchev–Trinajstić information content (AvgIpc) is 2.69. The normalized spacial score (nSPS) is 11.5. The quantitative estimate of drug-likeness (QED) is 0.875. The van der Waals surface area contributed by atoms with Crippen LogP contribution in [0.25, 0.3) is 0 Å². The van der Waals surface area contributed by atoms with Crippen LogP contribution in [0.5, 0.6) is 0 Å². The molecule has 0 aromatic carbocycles. The van der Waals surface area contributed by atoms with Gasteiger partial charge < -0.3 is 15.1 Å². The van der Waals surface area contributed by atoms with Crippen molar-refractivity contribution in [2.24, 2.45) is 5.73 Å². The highest BCUT2D eigenvalue weighted by Crippen LogP contribution is 2.36. The standard InChI is InChI=1S/C14H19F3N2O3/c1-4-5-6-19(7-10(18)20)13(21)11-8(2)9(3)22-12(11)14(15,16)17/h4-7H2,1-3H3,(H2,18,20). The molecule has 5 nitrogen and oxygen atoms in total. The first-order valence-electron chi connectivity index (χ1n) is 6.84. The molecule has 1 heterocycles. The summed E-state index contributed by atoms with van der Waals surface area (Å²) in [4.78, 5) is 24.5. The van der Waals surface area contributed by atoms with Crippen molar-refractivity contribution in [1.82, 2.24) is 4.90 Å². The summed E-state index contributed by atoms with van der Waals surface area (Å²) in [7, 11) is 0. The molecule has 22 heavy (non-hydrogen) atoms. The van der Waals surface area contributed by atoms with E-state index in [0.717, 1.165) is 11.3 Å². The maximum Gasteiger partial charge on any atom is 0.450 e. The molecule has 2 N–H and O–H groups in total. The Balaban J connectivity index is 3.26. The van der Waals surface area contributed by atoms with Gasteiger partial charge in [0, 0.05) is 12.1 Å². The van der Waals surface area contributed by atoms with E-state index in [4.69, 9.17) is 10.2 Å². The lowest BCUT2D eigenvalue weighted by atomic mass is 10.1. The number of primary amides is 1. The van der Waals surface area contributed by atoms with Crippen LogP contribution in [-0.4, -0.2) is 29.8 Å². The molecular weight excluding hydrogens is 301 g/mol. The molecule has 0 spiro atoms. The summed E-state index contributed by atoms with van der Waals surface area (Å²) < 4.78 is 43.8. The number of unbranched alkanes of at least 4 members (excludes halogenated alkanes) is 1. The second-order valence-corrected chi connectivity index (χ2v) is 5.03. The highest BCUT2D eigenvalue weighted by Gasteiger charge is 2.42. The van der Waals surface area contributed by atoms with Gasteiger partial charge in [0.1, 0.15) is 5.76 Å². The molecule has 1 rings (SSSR count). The molecule has 0 aliphatic carbocycles. The predicted octanol–water partition coefficient (Wildman–Crippen LogP) is 2.64. The number of aryl methyl sites for hydroxylation is 1. The Morgan fingerprint density at radius 2 is 1.86 bits per heavy atom. The molecule has 0 aliphatic rings. The number of hydrogen-bond acceptors (Lipinski definition) is 3. The number of furan rings is 1. The van der Waals surface area contributed by atoms with E-state index in [0.29, 0.717) is 6.42 Å². The van der Waals surface area contributed by atoms with Crippen molar-refractivity contribution >= 4 is 11.8 Å². The van der Waals surface area contributed by atoms with Crippen LogP contribution < -0.4 is 5.73 Å². The zero-order valence-corrected chi connectivity index (χ0v) is 12.7. The van der Waals surface area contributed by atoms with Crippen LogP contribution in [0.4, 0.5) is 13.2 Å². The third-order valence-corrected chi connectivity index (χ3v) is 3.27. The number of halogens is 3. The number of carbonyl (C=O) groups excluding carboxylic acids is 2. The predicted molar refractivity (Wildman–Crippen MR) is 73.2 cm³/mol. The Morgan fingerprint density at radius 1 is 1.27 bits per heavy atom. The fourth-order valence-corrected chi connectivity index (χ4v) is 2.03. The molecule has 1 aromatic rings. The summed E-state index contributed by atoms with van der Waals surface area (Å²) in [6.07, 6.45) is -3.51. The van der Waals surface area contributed by atoms with E-state index in [1.807, 2.05) is 6.92 Å². The van der Waals surface area contributed by atoms with Crippen LogP contribution in [0.15, 0.2) is 4.42 Å². The third-order valence-electron chi connectivity index (χ3n) is 3.27. The number of nitrogens with zero attached hydrogens (tertiary/aromatic N) is 1. The first-order chi connectivity index (χ1) is 10.1. The Morgan fingerprint density at radius 3 is 2.32 bits per heavy atom. The third kappa shape index (κ3) is 4.02. The number of amides is 2. The van der Waals surface area contributed by atoms with Crippen LogP contribution in [0, 0.1) is 13.8 Å². The Kier molecular flexibility index (Phi) is 5.62. The number of nitrogens with two attached hydrogens (primary N) is 1. The van der Waals surface area contributed by atoms with E-state index in [1.165, 1.54) is 13.8 Å². The van der Waals surface area contributed by atoms with Crippen molar-refractivity contribution in [3.63, 3.8) is 0 Å². The van der Waals surface area contributed by atoms with E-state index < -0.39 is 35.9 Å². The van der Waals surface area contributed by atoms with Gasteiger partial charge in [-0.25, -0.2) is 0 Å². The molecule has 0 saturated heterocycles. The fraction of sp³-hybridized carbons (Fsp3) is 0.571. The van der Waals surface area contributed by atoms with Crippen molar-refractivity contribution in [2.45, 2.75) is 39.8 Å². The monoisotopic (exact) mass is 320 g/mol. The summed E-state index contributed by atoms with van der Waals surface area (Å²) >= 11 is 0. The van der Waals surface area contributed by atoms with Crippen LogP contribution in [-0.2, 0) is 11.0 Å². The summed E-state index contributed by atoms with van der Waals surface area (Å²) in [6.45, 7) is 4.32. The van der Waals surface area contributed by atoms with Gasteiger partial charge in [-0.05, 0) is 20.3 Å². The second-order valence-electron chi connectivity index (χ2n) is 5.03. The number of rotatable bonds is 6. The van der Waals surface area contributed by atoms with E-state index >= 15 is 0 Å². The van der Waals surface area contributed by atoms with E-state index in [2.05, 4.69) is 0 Å². The van der Waals surface area contributed by atoms with Gasteiger partial charge in [-0.3, -0.25) is 9.59 Å². The molecule has 2 amide bonds. The number of carbonyl (C=O) groups is 2. The van der Waals surface area contributed by atoms with Gasteiger partial charge in [0.15, 0.2) is 0 Å². The zero-order chi connectivity index (χ0) is 17.1. The van der Waals surface area contributed by atoms with Crippen LogP contribution >= 0.6 is 0 Å². The van der Waals surface area contributed by atoms with Crippen LogP contribution in [0.2, 0.25) is 0 Å². The van der Waals surface area contributed by atoms with Gasteiger partial charge in [-0.15, -0.1) is 0 Å².